The van der Waals surface area contributed by atoms with Crippen molar-refractivity contribution in [3.8, 4) is 0 Å². The summed E-state index contributed by atoms with van der Waals surface area (Å²) in [4.78, 5) is 34.9. The van der Waals surface area contributed by atoms with E-state index in [9.17, 15) is 4.79 Å². The Hall–Kier alpha value is -3.03. The molecule has 0 bridgehead atoms. The fourth-order valence-electron chi connectivity index (χ4n) is 4.44. The average Bonchev–Trinajstić information content (AvgIpc) is 3.37. The smallest absolute Gasteiger partial charge is 0.255 e. The van der Waals surface area contributed by atoms with E-state index in [1.165, 1.54) is 25.7 Å². The maximum atomic E-state index is 13.1. The number of rotatable bonds is 3. The van der Waals surface area contributed by atoms with Gasteiger partial charge in [0.1, 0.15) is 5.52 Å². The summed E-state index contributed by atoms with van der Waals surface area (Å²) >= 11 is 0. The maximum absolute atomic E-state index is 13.1. The molecule has 0 unspecified atom stereocenters. The van der Waals surface area contributed by atoms with Gasteiger partial charge in [-0.25, -0.2) is 19.9 Å². The lowest BCUT2D eigenvalue weighted by atomic mass is 10.2. The third-order valence-corrected chi connectivity index (χ3v) is 6.00. The summed E-state index contributed by atoms with van der Waals surface area (Å²) in [5.74, 6) is 0.744. The van der Waals surface area contributed by atoms with Crippen molar-refractivity contribution in [3.05, 3.63) is 42.6 Å². The zero-order valence-corrected chi connectivity index (χ0v) is 16.4. The number of carbonyl (C=O) groups is 1. The number of hydrogen-bond donors (Lipinski definition) is 0. The minimum atomic E-state index is 0.0191. The third kappa shape index (κ3) is 3.54. The van der Waals surface area contributed by atoms with Crippen LogP contribution in [0, 0.1) is 0 Å². The van der Waals surface area contributed by atoms with Crippen LogP contribution in [0.5, 0.6) is 0 Å². The molecule has 1 saturated carbocycles. The highest BCUT2D eigenvalue weighted by Gasteiger charge is 2.23. The lowest BCUT2D eigenvalue weighted by Gasteiger charge is -2.22. The van der Waals surface area contributed by atoms with E-state index in [2.05, 4.69) is 29.4 Å². The van der Waals surface area contributed by atoms with Crippen LogP contribution in [0.15, 0.2) is 37.1 Å². The van der Waals surface area contributed by atoms with Crippen molar-refractivity contribution in [3.63, 3.8) is 0 Å². The number of nitrogens with zero attached hydrogens (tertiary/aromatic N) is 7. The maximum Gasteiger partial charge on any atom is 0.255 e. The second kappa shape index (κ2) is 7.77. The van der Waals surface area contributed by atoms with Crippen LogP contribution in [0.2, 0.25) is 0 Å². The summed E-state index contributed by atoms with van der Waals surface area (Å²) in [5, 5.41) is 0. The fourth-order valence-corrected chi connectivity index (χ4v) is 4.44. The van der Waals surface area contributed by atoms with Crippen molar-refractivity contribution in [2.45, 2.75) is 38.1 Å². The molecule has 0 N–H and O–H groups in total. The van der Waals surface area contributed by atoms with Gasteiger partial charge in [-0.2, -0.15) is 0 Å². The molecule has 3 aromatic rings. The number of hydrogen-bond acceptors (Lipinski definition) is 6. The highest BCUT2D eigenvalue weighted by Crippen LogP contribution is 2.31. The fraction of sp³-hybridized carbons (Fsp3) is 0.476. The SMILES string of the molecule is O=C(c1cnc2c(c1)ncn2C1CCCC1)N1CCCN(c2ncccn2)CC1. The predicted molar refractivity (Wildman–Crippen MR) is 110 cm³/mol. The van der Waals surface area contributed by atoms with E-state index < -0.39 is 0 Å². The monoisotopic (exact) mass is 391 g/mol. The number of carbonyl (C=O) groups excluding carboxylic acids is 1. The van der Waals surface area contributed by atoms with E-state index in [0.717, 1.165) is 43.2 Å². The van der Waals surface area contributed by atoms with Gasteiger partial charge in [-0.3, -0.25) is 4.79 Å². The zero-order valence-electron chi connectivity index (χ0n) is 16.4. The molecule has 1 saturated heterocycles. The van der Waals surface area contributed by atoms with Gasteiger partial charge in [-0.05, 0) is 31.4 Å². The molecule has 5 rings (SSSR count). The first-order chi connectivity index (χ1) is 14.3. The molecule has 3 aromatic heterocycles. The van der Waals surface area contributed by atoms with Gasteiger partial charge in [0, 0.05) is 50.8 Å². The molecule has 2 fully saturated rings. The van der Waals surface area contributed by atoms with Gasteiger partial charge >= 0.3 is 0 Å². The van der Waals surface area contributed by atoms with Gasteiger partial charge in [-0.1, -0.05) is 12.8 Å². The molecule has 150 valence electrons. The number of fused-ring (bicyclic) bond motifs is 1. The summed E-state index contributed by atoms with van der Waals surface area (Å²) in [6.45, 7) is 2.93. The molecule has 0 spiro atoms. The molecular formula is C21H25N7O. The number of aromatic nitrogens is 5. The van der Waals surface area contributed by atoms with Crippen LogP contribution < -0.4 is 4.90 Å². The Labute approximate surface area is 169 Å². The highest BCUT2D eigenvalue weighted by molar-refractivity contribution is 5.96. The largest absolute Gasteiger partial charge is 0.339 e. The van der Waals surface area contributed by atoms with Gasteiger partial charge < -0.3 is 14.4 Å². The summed E-state index contributed by atoms with van der Waals surface area (Å²) in [5.41, 5.74) is 2.30. The van der Waals surface area contributed by atoms with E-state index in [1.54, 1.807) is 18.6 Å². The molecule has 29 heavy (non-hydrogen) atoms. The normalized spacial score (nSPS) is 18.3. The Balaban J connectivity index is 1.31. The Morgan fingerprint density at radius 1 is 0.931 bits per heavy atom. The van der Waals surface area contributed by atoms with Gasteiger partial charge in [0.25, 0.3) is 5.91 Å². The average molecular weight is 391 g/mol. The van der Waals surface area contributed by atoms with Crippen molar-refractivity contribution < 1.29 is 4.79 Å². The van der Waals surface area contributed by atoms with Crippen LogP contribution in [-0.4, -0.2) is 61.5 Å². The van der Waals surface area contributed by atoms with E-state index in [0.29, 0.717) is 18.2 Å². The number of imidazole rings is 1. The first-order valence-corrected chi connectivity index (χ1v) is 10.4. The Morgan fingerprint density at radius 2 is 1.76 bits per heavy atom. The second-order valence-corrected chi connectivity index (χ2v) is 7.84. The molecule has 1 amide bonds. The molecule has 2 aliphatic rings. The summed E-state index contributed by atoms with van der Waals surface area (Å²) in [6.07, 6.45) is 12.9. The quantitative estimate of drug-likeness (QED) is 0.683. The molecule has 0 radical (unpaired) electrons. The Kier molecular flexibility index (Phi) is 4.83. The van der Waals surface area contributed by atoms with E-state index in [1.807, 2.05) is 23.4 Å². The third-order valence-electron chi connectivity index (χ3n) is 6.00. The van der Waals surface area contributed by atoms with Crippen LogP contribution in [0.25, 0.3) is 11.2 Å². The van der Waals surface area contributed by atoms with Crippen LogP contribution in [0.4, 0.5) is 5.95 Å². The zero-order chi connectivity index (χ0) is 19.6. The van der Waals surface area contributed by atoms with E-state index in [4.69, 9.17) is 0 Å². The van der Waals surface area contributed by atoms with Crippen LogP contribution in [0.1, 0.15) is 48.5 Å². The molecule has 8 nitrogen and oxygen atoms in total. The molecule has 0 aromatic carbocycles. The van der Waals surface area contributed by atoms with Crippen molar-refractivity contribution in [1.82, 2.24) is 29.4 Å². The molecule has 8 heteroatoms. The number of pyridine rings is 1. The topological polar surface area (TPSA) is 80.0 Å². The van der Waals surface area contributed by atoms with Gasteiger partial charge in [0.15, 0.2) is 5.65 Å². The molecule has 4 heterocycles. The Bertz CT molecular complexity index is 997. The molecular weight excluding hydrogens is 366 g/mol. The van der Waals surface area contributed by atoms with Gasteiger partial charge in [-0.15, -0.1) is 0 Å². The second-order valence-electron chi connectivity index (χ2n) is 7.84. The standard InChI is InChI=1S/C21H25N7O/c29-20(26-9-4-10-27(12-11-26)21-22-7-3-8-23-21)16-13-18-19(24-14-16)28(15-25-18)17-5-1-2-6-17/h3,7-8,13-15,17H,1-2,4-6,9-12H2. The number of amides is 1. The van der Waals surface area contributed by atoms with Crippen LogP contribution >= 0.6 is 0 Å². The van der Waals surface area contributed by atoms with Crippen molar-refractivity contribution in [2.75, 3.05) is 31.1 Å². The predicted octanol–water partition coefficient (Wildman–Crippen LogP) is 2.69. The number of anilines is 1. The lowest BCUT2D eigenvalue weighted by molar-refractivity contribution is 0.0766. The first-order valence-electron chi connectivity index (χ1n) is 10.4. The van der Waals surface area contributed by atoms with Crippen LogP contribution in [-0.2, 0) is 0 Å². The van der Waals surface area contributed by atoms with E-state index in [-0.39, 0.29) is 5.91 Å². The highest BCUT2D eigenvalue weighted by atomic mass is 16.2. The minimum Gasteiger partial charge on any atom is -0.339 e. The first kappa shape index (κ1) is 18.0. The van der Waals surface area contributed by atoms with Crippen LogP contribution in [0.3, 0.4) is 0 Å². The van der Waals surface area contributed by atoms with Crippen molar-refractivity contribution >= 4 is 23.0 Å². The summed E-state index contributed by atoms with van der Waals surface area (Å²) in [6, 6.07) is 4.19. The summed E-state index contributed by atoms with van der Waals surface area (Å²) in [7, 11) is 0. The molecule has 1 aliphatic heterocycles. The van der Waals surface area contributed by atoms with Crippen molar-refractivity contribution in [2.24, 2.45) is 0 Å². The minimum absolute atomic E-state index is 0.0191. The van der Waals surface area contributed by atoms with E-state index >= 15 is 0 Å². The summed E-state index contributed by atoms with van der Waals surface area (Å²) < 4.78 is 2.18. The van der Waals surface area contributed by atoms with Gasteiger partial charge in [0.2, 0.25) is 5.95 Å². The molecule has 1 aliphatic carbocycles. The van der Waals surface area contributed by atoms with Crippen molar-refractivity contribution in [1.29, 1.82) is 0 Å². The van der Waals surface area contributed by atoms with Gasteiger partial charge in [0.05, 0.1) is 11.9 Å². The lowest BCUT2D eigenvalue weighted by Crippen LogP contribution is -2.35. The molecule has 0 atom stereocenters. The Morgan fingerprint density at radius 3 is 2.59 bits per heavy atom.